The Morgan fingerprint density at radius 2 is 0.842 bits per heavy atom. The van der Waals surface area contributed by atoms with Crippen molar-refractivity contribution in [3.05, 3.63) is 36.5 Å². The van der Waals surface area contributed by atoms with E-state index in [0.29, 0.717) is 12.8 Å². The molecular weight excluding hydrogens is 987 g/mol. The fraction of sp³-hybridized carbons (Fsp3) is 0.877. The lowest BCUT2D eigenvalue weighted by Gasteiger charge is -2.48. The molecule has 0 aromatic carbocycles. The molecular formula is C57H103NO18. The number of hydrogen-bond acceptors (Lipinski definition) is 18. The van der Waals surface area contributed by atoms with E-state index in [1.165, 1.54) is 109 Å². The van der Waals surface area contributed by atoms with Crippen LogP contribution in [0.25, 0.3) is 0 Å². The molecule has 17 atom stereocenters. The molecule has 0 aliphatic carbocycles. The van der Waals surface area contributed by atoms with Crippen LogP contribution in [0.3, 0.4) is 0 Å². The van der Waals surface area contributed by atoms with Gasteiger partial charge < -0.3 is 89.9 Å². The SMILES string of the molecule is CCCCCC/C=C/CC/C=C/CC/C=C/C(O)C(COC1OC(CO)C(OC2OC(CO)C(OC3OC(CO)C(O)C(O)C3O)C(O)C2O)C(O)C1O)NC(=O)CCCCCCCCCCCCCCCCCCC. The Morgan fingerprint density at radius 1 is 0.461 bits per heavy atom. The minimum Gasteiger partial charge on any atom is -0.394 e. The maximum Gasteiger partial charge on any atom is 0.220 e. The molecule has 12 N–H and O–H groups in total. The van der Waals surface area contributed by atoms with Crippen LogP contribution in [0.15, 0.2) is 36.5 Å². The number of carbonyl (C=O) groups excluding carboxylic acids is 1. The number of amides is 1. The van der Waals surface area contributed by atoms with Crippen molar-refractivity contribution < 1.29 is 89.4 Å². The fourth-order valence-electron chi connectivity index (χ4n) is 9.81. The molecule has 19 nitrogen and oxygen atoms in total. The average Bonchev–Trinajstić information content (AvgIpc) is 3.42. The highest BCUT2D eigenvalue weighted by atomic mass is 16.8. The third kappa shape index (κ3) is 25.2. The summed E-state index contributed by atoms with van der Waals surface area (Å²) in [4.78, 5) is 13.3. The first-order valence-corrected chi connectivity index (χ1v) is 29.2. The maximum absolute atomic E-state index is 13.3. The third-order valence-electron chi connectivity index (χ3n) is 14.7. The van der Waals surface area contributed by atoms with Crippen LogP contribution in [0.2, 0.25) is 0 Å². The van der Waals surface area contributed by atoms with Crippen molar-refractivity contribution in [2.45, 2.75) is 291 Å². The van der Waals surface area contributed by atoms with Gasteiger partial charge in [0.1, 0.15) is 73.2 Å². The summed E-state index contributed by atoms with van der Waals surface area (Å²) >= 11 is 0. The number of allylic oxidation sites excluding steroid dienone is 5. The second-order valence-corrected chi connectivity index (χ2v) is 21.1. The molecule has 17 unspecified atom stereocenters. The standard InChI is InChI=1S/C57H103NO18/c1-3-5-7-9-11-13-15-17-19-20-21-23-25-27-29-31-33-35-45(63)58-40(41(62)34-32-30-28-26-24-22-18-16-14-12-10-8-6-4-2)39-71-55-51(69)48(66)53(43(37-60)73-55)76-57-52(70)49(67)54(44(38-61)74-57)75-56-50(68)47(65)46(64)42(36-59)72-56/h14,16,24,26,32,34,40-44,46-57,59-62,64-70H,3-13,15,17-23,25,27-31,33,35-39H2,1-2H3,(H,58,63)/b16-14+,26-24+,34-32+. The van der Waals surface area contributed by atoms with Gasteiger partial charge in [-0.2, -0.15) is 0 Å². The highest BCUT2D eigenvalue weighted by Crippen LogP contribution is 2.33. The molecule has 1 amide bonds. The Balaban J connectivity index is 1.53. The van der Waals surface area contributed by atoms with Crippen molar-refractivity contribution in [1.29, 1.82) is 0 Å². The summed E-state index contributed by atoms with van der Waals surface area (Å²) < 4.78 is 34.2. The van der Waals surface area contributed by atoms with Crippen molar-refractivity contribution in [3.63, 3.8) is 0 Å². The molecule has 0 bridgehead atoms. The molecule has 0 aromatic rings. The van der Waals surface area contributed by atoms with Gasteiger partial charge in [0, 0.05) is 6.42 Å². The Hall–Kier alpha value is -1.99. The highest BCUT2D eigenvalue weighted by Gasteiger charge is 2.53. The number of hydrogen-bond donors (Lipinski definition) is 12. The van der Waals surface area contributed by atoms with Gasteiger partial charge in [-0.3, -0.25) is 4.79 Å². The van der Waals surface area contributed by atoms with E-state index >= 15 is 0 Å². The number of carbonyl (C=O) groups is 1. The van der Waals surface area contributed by atoms with Gasteiger partial charge in [0.05, 0.1) is 38.6 Å². The van der Waals surface area contributed by atoms with Crippen LogP contribution in [-0.2, 0) is 33.2 Å². The number of aliphatic hydroxyl groups excluding tert-OH is 11. The zero-order valence-corrected chi connectivity index (χ0v) is 46.0. The van der Waals surface area contributed by atoms with Crippen LogP contribution >= 0.6 is 0 Å². The normalized spacial score (nSPS) is 31.2. The second kappa shape index (κ2) is 41.1. The van der Waals surface area contributed by atoms with Crippen molar-refractivity contribution in [2.24, 2.45) is 0 Å². The van der Waals surface area contributed by atoms with E-state index in [9.17, 15) is 61.0 Å². The number of nitrogens with one attached hydrogen (secondary N) is 1. The third-order valence-corrected chi connectivity index (χ3v) is 14.7. The summed E-state index contributed by atoms with van der Waals surface area (Å²) in [7, 11) is 0. The Kier molecular flexibility index (Phi) is 36.9. The lowest BCUT2D eigenvalue weighted by atomic mass is 9.96. The van der Waals surface area contributed by atoms with E-state index in [1.54, 1.807) is 6.08 Å². The van der Waals surface area contributed by atoms with Gasteiger partial charge >= 0.3 is 0 Å². The van der Waals surface area contributed by atoms with Gasteiger partial charge in [-0.15, -0.1) is 0 Å². The Bertz CT molecular complexity index is 1540. The predicted molar refractivity (Wildman–Crippen MR) is 286 cm³/mol. The van der Waals surface area contributed by atoms with Crippen molar-refractivity contribution >= 4 is 5.91 Å². The van der Waals surface area contributed by atoms with Crippen molar-refractivity contribution in [2.75, 3.05) is 26.4 Å². The summed E-state index contributed by atoms with van der Waals surface area (Å²) in [6.45, 7) is 1.66. The second-order valence-electron chi connectivity index (χ2n) is 21.1. The molecule has 444 valence electrons. The first kappa shape index (κ1) is 68.3. The molecule has 3 fully saturated rings. The van der Waals surface area contributed by atoms with E-state index in [2.05, 4.69) is 43.5 Å². The van der Waals surface area contributed by atoms with Crippen LogP contribution < -0.4 is 5.32 Å². The van der Waals surface area contributed by atoms with E-state index in [1.807, 2.05) is 6.08 Å². The molecule has 0 radical (unpaired) electrons. The first-order chi connectivity index (χ1) is 36.8. The van der Waals surface area contributed by atoms with Gasteiger partial charge in [-0.05, 0) is 44.9 Å². The number of ether oxygens (including phenoxy) is 6. The number of aliphatic hydroxyl groups is 11. The van der Waals surface area contributed by atoms with Gasteiger partial charge in [-0.1, -0.05) is 172 Å². The maximum atomic E-state index is 13.3. The summed E-state index contributed by atoms with van der Waals surface area (Å²) in [5.41, 5.74) is 0. The van der Waals surface area contributed by atoms with Gasteiger partial charge in [0.25, 0.3) is 0 Å². The molecule has 3 rings (SSSR count). The van der Waals surface area contributed by atoms with Crippen LogP contribution in [0.5, 0.6) is 0 Å². The molecule has 76 heavy (non-hydrogen) atoms. The Morgan fingerprint density at radius 3 is 1.32 bits per heavy atom. The summed E-state index contributed by atoms with van der Waals surface area (Å²) in [5, 5.41) is 120. The minimum atomic E-state index is -1.98. The van der Waals surface area contributed by atoms with Crippen LogP contribution in [0.1, 0.15) is 187 Å². The lowest BCUT2D eigenvalue weighted by molar-refractivity contribution is -0.379. The van der Waals surface area contributed by atoms with E-state index in [-0.39, 0.29) is 18.9 Å². The fourth-order valence-corrected chi connectivity index (χ4v) is 9.81. The average molecular weight is 1090 g/mol. The van der Waals surface area contributed by atoms with Gasteiger partial charge in [-0.25, -0.2) is 0 Å². The van der Waals surface area contributed by atoms with Crippen LogP contribution in [0.4, 0.5) is 0 Å². The minimum absolute atomic E-state index is 0.235. The summed E-state index contributed by atoms with van der Waals surface area (Å²) in [5.74, 6) is -0.290. The molecule has 0 spiro atoms. The highest BCUT2D eigenvalue weighted by molar-refractivity contribution is 5.76. The molecule has 19 heteroatoms. The topological polar surface area (TPSA) is 307 Å². The van der Waals surface area contributed by atoms with E-state index in [0.717, 1.165) is 44.9 Å². The van der Waals surface area contributed by atoms with E-state index in [4.69, 9.17) is 28.4 Å². The van der Waals surface area contributed by atoms with Crippen LogP contribution in [0, 0.1) is 0 Å². The van der Waals surface area contributed by atoms with Crippen molar-refractivity contribution in [3.8, 4) is 0 Å². The molecule has 3 saturated heterocycles. The molecule has 3 aliphatic heterocycles. The van der Waals surface area contributed by atoms with Gasteiger partial charge in [0.15, 0.2) is 18.9 Å². The lowest BCUT2D eigenvalue weighted by Crippen LogP contribution is -2.66. The van der Waals surface area contributed by atoms with Gasteiger partial charge in [0.2, 0.25) is 5.91 Å². The molecule has 0 aromatic heterocycles. The van der Waals surface area contributed by atoms with Crippen LogP contribution in [-0.4, -0.2) is 193 Å². The zero-order chi connectivity index (χ0) is 55.5. The monoisotopic (exact) mass is 1090 g/mol. The first-order valence-electron chi connectivity index (χ1n) is 29.2. The predicted octanol–water partition coefficient (Wildman–Crippen LogP) is 4.54. The molecule has 0 saturated carbocycles. The summed E-state index contributed by atoms with van der Waals surface area (Å²) in [6.07, 6.45) is 15.6. The molecule has 3 aliphatic rings. The van der Waals surface area contributed by atoms with E-state index < -0.39 is 124 Å². The number of rotatable bonds is 42. The quantitative estimate of drug-likeness (QED) is 0.0295. The van der Waals surface area contributed by atoms with Crippen molar-refractivity contribution in [1.82, 2.24) is 5.32 Å². The Labute approximate surface area is 453 Å². The molecule has 3 heterocycles. The zero-order valence-electron chi connectivity index (χ0n) is 46.0. The summed E-state index contributed by atoms with van der Waals surface area (Å²) in [6, 6.07) is -0.992. The number of unbranched alkanes of at least 4 members (excludes halogenated alkanes) is 22. The smallest absolute Gasteiger partial charge is 0.220 e. The largest absolute Gasteiger partial charge is 0.394 e.